The Labute approximate surface area is 231 Å². The van der Waals surface area contributed by atoms with E-state index >= 15 is 0 Å². The Kier molecular flexibility index (Phi) is 8.29. The van der Waals surface area contributed by atoms with Gasteiger partial charge in [-0.15, -0.1) is 0 Å². The van der Waals surface area contributed by atoms with Gasteiger partial charge < -0.3 is 9.47 Å². The van der Waals surface area contributed by atoms with Gasteiger partial charge in [0.2, 0.25) is 0 Å². The van der Waals surface area contributed by atoms with Crippen LogP contribution in [-0.4, -0.2) is 24.4 Å². The van der Waals surface area contributed by atoms with Crippen molar-refractivity contribution in [3.8, 4) is 11.5 Å². The van der Waals surface area contributed by atoms with Crippen molar-refractivity contribution in [3.63, 3.8) is 0 Å². The van der Waals surface area contributed by atoms with Gasteiger partial charge >= 0.3 is 11.9 Å². The van der Waals surface area contributed by atoms with Crippen molar-refractivity contribution in [1.82, 2.24) is 0 Å². The number of para-hydroxylation sites is 2. The average Bonchev–Trinajstić information content (AvgIpc) is 3.01. The van der Waals surface area contributed by atoms with E-state index in [1.165, 1.54) is 12.1 Å². The topological polar surface area (TPSA) is 77.3 Å². The maximum Gasteiger partial charge on any atom is 0.344 e. The van der Waals surface area contributed by atoms with Gasteiger partial charge in [0.05, 0.1) is 22.5 Å². The molecule has 0 radical (unpaired) electrons. The van der Waals surface area contributed by atoms with Crippen LogP contribution in [0.15, 0.2) is 143 Å². The third kappa shape index (κ3) is 7.02. The highest BCUT2D eigenvalue weighted by Crippen LogP contribution is 2.20. The monoisotopic (exact) mass is 524 g/mol. The smallest absolute Gasteiger partial charge is 0.344 e. The van der Waals surface area contributed by atoms with Crippen LogP contribution in [-0.2, 0) is 0 Å². The van der Waals surface area contributed by atoms with Crippen LogP contribution in [0.25, 0.3) is 0 Å². The molecule has 0 aliphatic heterocycles. The summed E-state index contributed by atoms with van der Waals surface area (Å²) >= 11 is 0. The lowest BCUT2D eigenvalue weighted by Gasteiger charge is -2.10. The number of carbonyl (C=O) groups excluding carboxylic acids is 2. The number of aliphatic imine (C=N–C) groups is 2. The molecular weight excluding hydrogens is 500 g/mol. The zero-order valence-electron chi connectivity index (χ0n) is 21.4. The van der Waals surface area contributed by atoms with Gasteiger partial charge in [-0.1, -0.05) is 48.5 Å². The second-order valence-corrected chi connectivity index (χ2v) is 8.65. The van der Waals surface area contributed by atoms with Crippen LogP contribution in [0, 0.1) is 0 Å². The van der Waals surface area contributed by atoms with Gasteiger partial charge in [0.15, 0.2) is 0 Å². The lowest BCUT2D eigenvalue weighted by molar-refractivity contribution is 0.0692. The van der Waals surface area contributed by atoms with Crippen molar-refractivity contribution in [2.75, 3.05) is 0 Å². The Balaban J connectivity index is 1.22. The Morgan fingerprint density at radius 1 is 0.450 bits per heavy atom. The average molecular weight is 525 g/mol. The maximum atomic E-state index is 13.0. The molecule has 0 saturated carbocycles. The van der Waals surface area contributed by atoms with Gasteiger partial charge in [-0.2, -0.15) is 0 Å². The zero-order valence-corrected chi connectivity index (χ0v) is 21.4. The highest BCUT2D eigenvalue weighted by Gasteiger charge is 2.20. The first kappa shape index (κ1) is 26.0. The number of ether oxygens (including phenoxy) is 2. The van der Waals surface area contributed by atoms with E-state index in [1.54, 1.807) is 73.1 Å². The molecule has 0 bridgehead atoms. The second-order valence-electron chi connectivity index (χ2n) is 8.65. The largest absolute Gasteiger partial charge is 0.423 e. The van der Waals surface area contributed by atoms with Crippen LogP contribution in [0.2, 0.25) is 0 Å². The molecule has 0 N–H and O–H groups in total. The summed E-state index contributed by atoms with van der Waals surface area (Å²) in [6.45, 7) is 0. The van der Waals surface area contributed by atoms with Crippen molar-refractivity contribution in [1.29, 1.82) is 0 Å². The molecule has 0 fully saturated rings. The predicted octanol–water partition coefficient (Wildman–Crippen LogP) is 7.63. The number of hydrogen-bond donors (Lipinski definition) is 0. The van der Waals surface area contributed by atoms with Gasteiger partial charge in [-0.05, 0) is 96.1 Å². The molecule has 0 aliphatic rings. The Morgan fingerprint density at radius 3 is 1.18 bits per heavy atom. The van der Waals surface area contributed by atoms with E-state index in [-0.39, 0.29) is 11.1 Å². The van der Waals surface area contributed by atoms with Crippen molar-refractivity contribution < 1.29 is 19.1 Å². The number of nitrogens with zero attached hydrogens (tertiary/aromatic N) is 2. The molecule has 0 unspecified atom stereocenters. The first-order valence-electron chi connectivity index (χ1n) is 12.6. The molecule has 6 nitrogen and oxygen atoms in total. The Hall–Kier alpha value is -5.62. The van der Waals surface area contributed by atoms with Crippen LogP contribution in [0.3, 0.4) is 0 Å². The van der Waals surface area contributed by atoms with Crippen LogP contribution in [0.1, 0.15) is 31.8 Å². The molecule has 40 heavy (non-hydrogen) atoms. The number of rotatable bonds is 8. The first-order valence-corrected chi connectivity index (χ1v) is 12.6. The quantitative estimate of drug-likeness (QED) is 0.119. The van der Waals surface area contributed by atoms with Gasteiger partial charge in [-0.3, -0.25) is 9.98 Å². The molecule has 194 valence electrons. The number of carbonyl (C=O) groups is 2. The van der Waals surface area contributed by atoms with E-state index in [2.05, 4.69) is 9.98 Å². The molecule has 0 aliphatic carbocycles. The van der Waals surface area contributed by atoms with E-state index in [1.807, 2.05) is 60.7 Å². The molecule has 0 heterocycles. The SMILES string of the molecule is O=C(Oc1ccc(C=Nc2ccccc2)cc1)c1ccccc1C(=O)Oc1ccc(C=Nc2ccccc2)cc1. The lowest BCUT2D eigenvalue weighted by atomic mass is 10.1. The fraction of sp³-hybridized carbons (Fsp3) is 0. The van der Waals surface area contributed by atoms with Crippen molar-refractivity contribution in [2.45, 2.75) is 0 Å². The molecule has 6 heteroatoms. The lowest BCUT2D eigenvalue weighted by Crippen LogP contribution is -2.17. The molecule has 0 aromatic heterocycles. The highest BCUT2D eigenvalue weighted by atomic mass is 16.5. The fourth-order valence-corrected chi connectivity index (χ4v) is 3.73. The number of benzene rings is 5. The zero-order chi connectivity index (χ0) is 27.6. The molecule has 0 atom stereocenters. The van der Waals surface area contributed by atoms with Crippen molar-refractivity contribution >= 4 is 35.7 Å². The summed E-state index contributed by atoms with van der Waals surface area (Å²) in [5, 5.41) is 0. The van der Waals surface area contributed by atoms with Crippen molar-refractivity contribution in [3.05, 3.63) is 156 Å². The van der Waals surface area contributed by atoms with E-state index in [0.29, 0.717) is 11.5 Å². The minimum Gasteiger partial charge on any atom is -0.423 e. The van der Waals surface area contributed by atoms with E-state index in [9.17, 15) is 9.59 Å². The maximum absolute atomic E-state index is 13.0. The van der Waals surface area contributed by atoms with Gasteiger partial charge in [0.1, 0.15) is 11.5 Å². The van der Waals surface area contributed by atoms with Gasteiger partial charge in [0.25, 0.3) is 0 Å². The Bertz CT molecular complexity index is 1520. The van der Waals surface area contributed by atoms with Crippen LogP contribution in [0.4, 0.5) is 11.4 Å². The molecule has 5 rings (SSSR count). The number of hydrogen-bond acceptors (Lipinski definition) is 6. The molecule has 5 aromatic rings. The summed E-state index contributed by atoms with van der Waals surface area (Å²) in [5.41, 5.74) is 3.60. The molecule has 0 spiro atoms. The summed E-state index contributed by atoms with van der Waals surface area (Å²) in [6, 6.07) is 39.4. The molecule has 0 amide bonds. The predicted molar refractivity (Wildman–Crippen MR) is 157 cm³/mol. The van der Waals surface area contributed by atoms with Gasteiger partial charge in [-0.25, -0.2) is 9.59 Å². The highest BCUT2D eigenvalue weighted by molar-refractivity contribution is 6.04. The summed E-state index contributed by atoms with van der Waals surface area (Å²) in [6.07, 6.45) is 3.46. The van der Waals surface area contributed by atoms with Gasteiger partial charge in [0, 0.05) is 12.4 Å². The minimum atomic E-state index is -0.661. The third-order valence-electron chi connectivity index (χ3n) is 5.79. The molecule has 0 saturated heterocycles. The van der Waals surface area contributed by atoms with E-state index < -0.39 is 11.9 Å². The van der Waals surface area contributed by atoms with Crippen LogP contribution in [0.5, 0.6) is 11.5 Å². The summed E-state index contributed by atoms with van der Waals surface area (Å²) in [5.74, 6) is -0.632. The summed E-state index contributed by atoms with van der Waals surface area (Å²) in [4.78, 5) is 34.7. The summed E-state index contributed by atoms with van der Waals surface area (Å²) < 4.78 is 11.1. The van der Waals surface area contributed by atoms with Crippen molar-refractivity contribution in [2.24, 2.45) is 9.98 Å². The third-order valence-corrected chi connectivity index (χ3v) is 5.79. The summed E-state index contributed by atoms with van der Waals surface area (Å²) in [7, 11) is 0. The van der Waals surface area contributed by atoms with Crippen LogP contribution < -0.4 is 9.47 Å². The minimum absolute atomic E-state index is 0.105. The molecule has 5 aromatic carbocycles. The second kappa shape index (κ2) is 12.8. The molecular formula is C34H24N2O4. The fourth-order valence-electron chi connectivity index (χ4n) is 3.73. The normalized spacial score (nSPS) is 11.0. The van der Waals surface area contributed by atoms with Crippen LogP contribution >= 0.6 is 0 Å². The Morgan fingerprint density at radius 2 is 0.800 bits per heavy atom. The van der Waals surface area contributed by atoms with E-state index in [0.717, 1.165) is 22.5 Å². The standard InChI is InChI=1S/C34H24N2O4/c37-33(39-29-19-15-25(16-20-29)23-35-27-9-3-1-4-10-27)31-13-7-8-14-32(31)34(38)40-30-21-17-26(18-22-30)24-36-28-11-5-2-6-12-28/h1-24H. The van der Waals surface area contributed by atoms with E-state index in [4.69, 9.17) is 9.47 Å². The first-order chi connectivity index (χ1) is 19.6. The number of esters is 2.